The molecule has 0 bridgehead atoms. The first-order valence-electron chi connectivity index (χ1n) is 32.2. The molecule has 2 aromatic heterocycles. The van der Waals surface area contributed by atoms with E-state index in [1.165, 1.54) is 0 Å². The maximum atomic E-state index is 9.54. The second-order valence-corrected chi connectivity index (χ2v) is 11.1. The second-order valence-electron chi connectivity index (χ2n) is 11.1. The van der Waals surface area contributed by atoms with Gasteiger partial charge in [-0.3, -0.25) is 0 Å². The molecule has 4 heteroatoms. The van der Waals surface area contributed by atoms with Crippen molar-refractivity contribution >= 4 is 21.9 Å². The van der Waals surface area contributed by atoms with E-state index in [2.05, 4.69) is 15.0 Å². The summed E-state index contributed by atoms with van der Waals surface area (Å²) >= 11 is 0. The Bertz CT molecular complexity index is 4630. The molecule has 10 aromatic rings. The van der Waals surface area contributed by atoms with E-state index in [4.69, 9.17) is 35.9 Å². The Morgan fingerprint density at radius 1 is 0.291 bits per heavy atom. The number of rotatable bonds is 7. The average Bonchev–Trinajstić information content (AvgIpc) is 1.48. The van der Waals surface area contributed by atoms with Crippen molar-refractivity contribution in [2.75, 3.05) is 0 Å². The molecular weight excluding hydrogens is 671 g/mol. The van der Waals surface area contributed by atoms with Crippen LogP contribution in [0.5, 0.6) is 0 Å². The Labute approximate surface area is 365 Å². The molecule has 8 aromatic carbocycles. The third kappa shape index (κ3) is 6.16. The van der Waals surface area contributed by atoms with Crippen molar-refractivity contribution in [3.8, 4) is 78.7 Å². The molecule has 0 saturated heterocycles. The zero-order valence-corrected chi connectivity index (χ0v) is 27.2. The molecule has 2 heterocycles. The number of aromatic nitrogens is 3. The van der Waals surface area contributed by atoms with Crippen LogP contribution in [0.3, 0.4) is 0 Å². The Balaban J connectivity index is 1.38. The van der Waals surface area contributed by atoms with E-state index in [-0.39, 0.29) is 0 Å². The molecule has 0 unspecified atom stereocenters. The van der Waals surface area contributed by atoms with Crippen LogP contribution in [-0.2, 0) is 0 Å². The van der Waals surface area contributed by atoms with Gasteiger partial charge in [-0.25, -0.2) is 15.0 Å². The molecule has 0 atom stereocenters. The summed E-state index contributed by atoms with van der Waals surface area (Å²) in [5, 5.41) is -1.33. The van der Waals surface area contributed by atoms with E-state index in [0.717, 1.165) is 0 Å². The van der Waals surface area contributed by atoms with Gasteiger partial charge >= 0.3 is 0 Å². The van der Waals surface area contributed by atoms with E-state index < -0.39 is 300 Å². The van der Waals surface area contributed by atoms with Crippen LogP contribution in [0.15, 0.2) is 204 Å². The topological polar surface area (TPSA) is 51.8 Å². The van der Waals surface area contributed by atoms with Crippen molar-refractivity contribution in [2.24, 2.45) is 0 Å². The van der Waals surface area contributed by atoms with Gasteiger partial charge in [-0.05, 0) is 57.1 Å². The lowest BCUT2D eigenvalue weighted by atomic mass is 9.98. The third-order valence-electron chi connectivity index (χ3n) is 7.79. The van der Waals surface area contributed by atoms with Crippen LogP contribution in [0, 0.1) is 0 Å². The second kappa shape index (κ2) is 13.8. The lowest BCUT2D eigenvalue weighted by molar-refractivity contribution is 0.670. The van der Waals surface area contributed by atoms with Gasteiger partial charge in [0.15, 0.2) is 17.5 Å². The number of para-hydroxylation sites is 2. The highest BCUT2D eigenvalue weighted by molar-refractivity contribution is 6.12. The van der Waals surface area contributed by atoms with Crippen LogP contribution < -0.4 is 0 Å². The lowest BCUT2D eigenvalue weighted by Gasteiger charge is -2.11. The summed E-state index contributed by atoms with van der Waals surface area (Å²) in [6, 6.07) is -32.8. The van der Waals surface area contributed by atoms with Crippen LogP contribution in [0.4, 0.5) is 0 Å². The third-order valence-corrected chi connectivity index (χ3v) is 7.79. The van der Waals surface area contributed by atoms with Crippen LogP contribution in [-0.4, -0.2) is 15.0 Å². The minimum absolute atomic E-state index is 0.656. The van der Waals surface area contributed by atoms with Gasteiger partial charge in [-0.15, -0.1) is 0 Å². The van der Waals surface area contributed by atoms with Gasteiger partial charge < -0.3 is 4.42 Å². The zero-order chi connectivity index (χ0) is 65.3. The summed E-state index contributed by atoms with van der Waals surface area (Å²) in [5.41, 5.74) is -10.9. The number of furan rings is 1. The summed E-state index contributed by atoms with van der Waals surface area (Å²) in [6.45, 7) is 0. The predicted octanol–water partition coefficient (Wildman–Crippen LogP) is 13.4. The number of hydrogen-bond acceptors (Lipinski definition) is 4. The summed E-state index contributed by atoms with van der Waals surface area (Å²) in [6.07, 6.45) is 0. The summed E-state index contributed by atoms with van der Waals surface area (Å²) in [7, 11) is 0. The van der Waals surface area contributed by atoms with Crippen molar-refractivity contribution in [1.29, 1.82) is 0 Å². The maximum absolute atomic E-state index is 9.54. The van der Waals surface area contributed by atoms with Crippen molar-refractivity contribution in [3.63, 3.8) is 0 Å². The molecular formula is C51H33N3O. The first kappa shape index (κ1) is 12.9. The number of fused-ring (bicyclic) bond motifs is 3. The van der Waals surface area contributed by atoms with E-state index >= 15 is 0 Å². The number of hydrogen-bond donors (Lipinski definition) is 0. The lowest BCUT2D eigenvalue weighted by Crippen LogP contribution is -2.00. The normalized spacial score (nSPS) is 19.7. The van der Waals surface area contributed by atoms with Gasteiger partial charge in [0.25, 0.3) is 0 Å². The van der Waals surface area contributed by atoms with E-state index in [9.17, 15) is 13.7 Å². The summed E-state index contributed by atoms with van der Waals surface area (Å²) < 4.78 is 297. The highest BCUT2D eigenvalue weighted by atomic mass is 16.3. The number of nitrogens with zero attached hydrogens (tertiary/aromatic N) is 3. The molecule has 55 heavy (non-hydrogen) atoms. The van der Waals surface area contributed by atoms with Crippen molar-refractivity contribution in [1.82, 2.24) is 15.0 Å². The van der Waals surface area contributed by atoms with Crippen molar-refractivity contribution in [2.45, 2.75) is 0 Å². The van der Waals surface area contributed by atoms with E-state index in [0.29, 0.717) is 0 Å². The largest absolute Gasteiger partial charge is 0.455 e. The first-order chi connectivity index (χ1) is 41.0. The standard InChI is InChI=1S/C51H33N3O/c1-4-14-34(15-5-1)37-28-30-38(31-29-37)43-24-12-25-44-45-26-13-27-46(48(45)55-47(43)44)51-53-49(41-22-10-20-39(32-41)35-16-6-2-7-17-35)52-50(54-51)42-23-11-21-40(33-42)36-18-8-3-9-19-36/h1-33H/i1D,2D,3D,4D,5D,6D,7D,8D,9D,10D,11D,12D,13D,14D,15D,16D,17D,18D,19D,20D,21D,22D,23D,24D,25D,26D,27D,28D,29D,30D,31D,32D,33D. The fraction of sp³-hybridized carbons (Fsp3) is 0. The Morgan fingerprint density at radius 3 is 1.18 bits per heavy atom. The SMILES string of the molecule is [2H]c1c([2H])c([2H])c(-c2c([2H])c([2H])c(-c3c([2H])c([2H])c([2H])c4c3oc3c(-c5nc(-c6c([2H])c([2H])c([2H])c(-c7c([2H])c([2H])c([2H])c([2H])c7[2H])c6[2H])nc(-c6c([2H])c([2H])c([2H])c(-c7c([2H])c([2H])c([2H])c([2H])c7[2H])c6[2H])n5)c([2H])c([2H])c([2H])c34)c([2H])c2[2H])c([2H])c1[2H]. The van der Waals surface area contributed by atoms with Crippen LogP contribution >= 0.6 is 0 Å². The van der Waals surface area contributed by atoms with Gasteiger partial charge in [-0.1, -0.05) is 181 Å². The maximum Gasteiger partial charge on any atom is 0.167 e. The fourth-order valence-corrected chi connectivity index (χ4v) is 5.34. The monoisotopic (exact) mass is 736 g/mol. The molecule has 0 amide bonds. The molecule has 4 nitrogen and oxygen atoms in total. The van der Waals surface area contributed by atoms with Gasteiger partial charge in [0.05, 0.1) is 50.8 Å². The van der Waals surface area contributed by atoms with Gasteiger partial charge in [0, 0.05) is 27.5 Å². The highest BCUT2D eigenvalue weighted by Crippen LogP contribution is 2.40. The molecule has 0 saturated carbocycles. The minimum Gasteiger partial charge on any atom is -0.455 e. The van der Waals surface area contributed by atoms with Crippen LogP contribution in [0.2, 0.25) is 0 Å². The van der Waals surface area contributed by atoms with Gasteiger partial charge in [0.2, 0.25) is 0 Å². The summed E-state index contributed by atoms with van der Waals surface area (Å²) in [4.78, 5) is 13.2. The molecule has 258 valence electrons. The minimum atomic E-state index is -1.10. The quantitative estimate of drug-likeness (QED) is 0.163. The predicted molar refractivity (Wildman–Crippen MR) is 225 cm³/mol. The Hall–Kier alpha value is -7.43. The molecule has 0 aliphatic heterocycles. The molecule has 0 radical (unpaired) electrons. The molecule has 10 rings (SSSR count). The molecule has 0 fully saturated rings. The average molecular weight is 737 g/mol. The first-order valence-corrected chi connectivity index (χ1v) is 15.7. The van der Waals surface area contributed by atoms with Crippen molar-refractivity contribution < 1.29 is 49.7 Å². The van der Waals surface area contributed by atoms with Gasteiger partial charge in [0.1, 0.15) is 11.2 Å². The molecule has 0 spiro atoms. The number of benzene rings is 8. The van der Waals surface area contributed by atoms with E-state index in [1.54, 1.807) is 0 Å². The van der Waals surface area contributed by atoms with Crippen molar-refractivity contribution in [3.05, 3.63) is 199 Å². The van der Waals surface area contributed by atoms with Crippen LogP contribution in [0.1, 0.15) is 45.2 Å². The fourth-order valence-electron chi connectivity index (χ4n) is 5.34. The molecule has 0 aliphatic rings. The highest BCUT2D eigenvalue weighted by Gasteiger charge is 2.20. The molecule has 0 aliphatic carbocycles. The zero-order valence-electron chi connectivity index (χ0n) is 60.2. The van der Waals surface area contributed by atoms with Crippen LogP contribution in [0.25, 0.3) is 101 Å². The Kier molecular flexibility index (Phi) is 3.24. The Morgan fingerprint density at radius 2 is 0.655 bits per heavy atom. The van der Waals surface area contributed by atoms with E-state index in [1.807, 2.05) is 0 Å². The summed E-state index contributed by atoms with van der Waals surface area (Å²) in [5.74, 6) is -3.06. The smallest absolute Gasteiger partial charge is 0.167 e. The molecule has 0 N–H and O–H groups in total. The van der Waals surface area contributed by atoms with Gasteiger partial charge in [-0.2, -0.15) is 0 Å².